The van der Waals surface area contributed by atoms with Crippen molar-refractivity contribution in [2.45, 2.75) is 0 Å². The van der Waals surface area contributed by atoms with E-state index in [2.05, 4.69) is 5.32 Å². The van der Waals surface area contributed by atoms with Crippen molar-refractivity contribution in [3.05, 3.63) is 65.2 Å². The first-order valence-corrected chi connectivity index (χ1v) is 6.35. The maximum Gasteiger partial charge on any atom is 0.328 e. The van der Waals surface area contributed by atoms with Crippen LogP contribution in [0.3, 0.4) is 0 Å². The van der Waals surface area contributed by atoms with Crippen molar-refractivity contribution < 1.29 is 9.59 Å². The second kappa shape index (κ2) is 6.21. The summed E-state index contributed by atoms with van der Waals surface area (Å²) in [6, 6.07) is 14.8. The summed E-state index contributed by atoms with van der Waals surface area (Å²) in [5.74, 6) is -0.434. The molecule has 0 unspecified atom stereocenters. The lowest BCUT2D eigenvalue weighted by Gasteiger charge is -2.17. The first-order valence-electron chi connectivity index (χ1n) is 5.97. The Labute approximate surface area is 122 Å². The number of carbonyl (C=O) groups excluding carboxylic acids is 2. The molecule has 2 rings (SSSR count). The summed E-state index contributed by atoms with van der Waals surface area (Å²) in [7, 11) is 1.58. The Balaban J connectivity index is 2.05. The quantitative estimate of drug-likeness (QED) is 0.921. The van der Waals surface area contributed by atoms with Gasteiger partial charge in [-0.15, -0.1) is 0 Å². The summed E-state index contributed by atoms with van der Waals surface area (Å²) in [6.45, 7) is 0. The van der Waals surface area contributed by atoms with Crippen molar-refractivity contribution in [1.82, 2.24) is 5.32 Å². The molecule has 0 aromatic heterocycles. The topological polar surface area (TPSA) is 49.4 Å². The number of hydrogen-bond acceptors (Lipinski definition) is 2. The molecule has 2 aromatic carbocycles. The molecule has 0 aliphatic heterocycles. The van der Waals surface area contributed by atoms with Crippen LogP contribution in [0.15, 0.2) is 54.6 Å². The summed E-state index contributed by atoms with van der Waals surface area (Å²) in [6.07, 6.45) is 0. The predicted octanol–water partition coefficient (Wildman–Crippen LogP) is 3.33. The maximum absolute atomic E-state index is 12.0. The third-order valence-corrected chi connectivity index (χ3v) is 3.03. The number of nitrogens with zero attached hydrogens (tertiary/aromatic N) is 1. The number of anilines is 1. The molecule has 5 heteroatoms. The molecule has 20 heavy (non-hydrogen) atoms. The van der Waals surface area contributed by atoms with Crippen LogP contribution in [0.4, 0.5) is 10.5 Å². The van der Waals surface area contributed by atoms with Crippen LogP contribution in [0.25, 0.3) is 0 Å². The van der Waals surface area contributed by atoms with Crippen molar-refractivity contribution >= 4 is 29.2 Å². The van der Waals surface area contributed by atoms with Crippen LogP contribution >= 0.6 is 11.6 Å². The van der Waals surface area contributed by atoms with Gasteiger partial charge in [-0.05, 0) is 36.4 Å². The molecule has 0 radical (unpaired) electrons. The summed E-state index contributed by atoms with van der Waals surface area (Å²) in [5.41, 5.74) is 1.08. The molecule has 3 amide bonds. The molecule has 0 saturated heterocycles. The SMILES string of the molecule is CN(C(=O)NC(=O)c1ccccc1)c1ccc(Cl)cc1. The number of hydrogen-bond donors (Lipinski definition) is 1. The monoisotopic (exact) mass is 288 g/mol. The van der Waals surface area contributed by atoms with E-state index in [-0.39, 0.29) is 0 Å². The lowest BCUT2D eigenvalue weighted by molar-refractivity contribution is 0.0966. The maximum atomic E-state index is 12.0. The van der Waals surface area contributed by atoms with Gasteiger partial charge in [0.2, 0.25) is 0 Å². The third kappa shape index (κ3) is 3.36. The largest absolute Gasteiger partial charge is 0.328 e. The number of halogens is 1. The molecule has 0 fully saturated rings. The molecule has 0 aliphatic rings. The lowest BCUT2D eigenvalue weighted by atomic mass is 10.2. The smallest absolute Gasteiger partial charge is 0.297 e. The normalized spacial score (nSPS) is 9.90. The standard InChI is InChI=1S/C15H13ClN2O2/c1-18(13-9-7-12(16)8-10-13)15(20)17-14(19)11-5-3-2-4-6-11/h2-10H,1H3,(H,17,19,20). The van der Waals surface area contributed by atoms with Crippen LogP contribution in [0.5, 0.6) is 0 Å². The van der Waals surface area contributed by atoms with E-state index in [1.165, 1.54) is 4.90 Å². The van der Waals surface area contributed by atoms with Crippen LogP contribution in [0, 0.1) is 0 Å². The van der Waals surface area contributed by atoms with Gasteiger partial charge in [0, 0.05) is 23.3 Å². The zero-order valence-electron chi connectivity index (χ0n) is 10.8. The molecule has 0 aliphatic carbocycles. The fraction of sp³-hybridized carbons (Fsp3) is 0.0667. The molecule has 0 saturated carbocycles. The van der Waals surface area contributed by atoms with Crippen LogP contribution in [0.2, 0.25) is 5.02 Å². The average Bonchev–Trinajstić information content (AvgIpc) is 2.48. The summed E-state index contributed by atoms with van der Waals surface area (Å²) >= 11 is 5.79. The molecular formula is C15H13ClN2O2. The van der Waals surface area contributed by atoms with Gasteiger partial charge in [-0.3, -0.25) is 15.0 Å². The van der Waals surface area contributed by atoms with E-state index in [4.69, 9.17) is 11.6 Å². The van der Waals surface area contributed by atoms with Crippen molar-refractivity contribution in [2.75, 3.05) is 11.9 Å². The van der Waals surface area contributed by atoms with Crippen molar-refractivity contribution in [3.63, 3.8) is 0 Å². The molecule has 4 nitrogen and oxygen atoms in total. The molecule has 0 heterocycles. The van der Waals surface area contributed by atoms with Crippen molar-refractivity contribution in [1.29, 1.82) is 0 Å². The van der Waals surface area contributed by atoms with Gasteiger partial charge >= 0.3 is 6.03 Å². The third-order valence-electron chi connectivity index (χ3n) is 2.78. The van der Waals surface area contributed by atoms with Crippen molar-refractivity contribution in [2.24, 2.45) is 0 Å². The Kier molecular flexibility index (Phi) is 4.38. The molecule has 1 N–H and O–H groups in total. The molecule has 0 bridgehead atoms. The number of urea groups is 1. The molecule has 102 valence electrons. The fourth-order valence-electron chi connectivity index (χ4n) is 1.62. The molecule has 0 atom stereocenters. The number of carbonyl (C=O) groups is 2. The van der Waals surface area contributed by atoms with Crippen LogP contribution in [0.1, 0.15) is 10.4 Å². The van der Waals surface area contributed by atoms with Gasteiger partial charge in [-0.2, -0.15) is 0 Å². The van der Waals surface area contributed by atoms with Gasteiger partial charge in [0.05, 0.1) is 0 Å². The summed E-state index contributed by atoms with van der Waals surface area (Å²) in [5, 5.41) is 2.91. The van der Waals surface area contributed by atoms with E-state index in [0.29, 0.717) is 16.3 Å². The van der Waals surface area contributed by atoms with E-state index >= 15 is 0 Å². The van der Waals surface area contributed by atoms with Gasteiger partial charge in [-0.25, -0.2) is 4.79 Å². The van der Waals surface area contributed by atoms with E-state index in [1.807, 2.05) is 0 Å². The highest BCUT2D eigenvalue weighted by Crippen LogP contribution is 2.16. The van der Waals surface area contributed by atoms with Crippen LogP contribution < -0.4 is 10.2 Å². The van der Waals surface area contributed by atoms with E-state index < -0.39 is 11.9 Å². The van der Waals surface area contributed by atoms with Crippen LogP contribution in [-0.4, -0.2) is 19.0 Å². The Bertz CT molecular complexity index is 612. The Morgan fingerprint density at radius 1 is 1.00 bits per heavy atom. The zero-order chi connectivity index (χ0) is 14.5. The van der Waals surface area contributed by atoms with Gasteiger partial charge < -0.3 is 0 Å². The summed E-state index contributed by atoms with van der Waals surface area (Å²) in [4.78, 5) is 25.2. The Hall–Kier alpha value is -2.33. The minimum atomic E-state index is -0.499. The molecule has 2 aromatic rings. The van der Waals surface area contributed by atoms with Gasteiger partial charge in [0.1, 0.15) is 0 Å². The minimum Gasteiger partial charge on any atom is -0.297 e. The van der Waals surface area contributed by atoms with Gasteiger partial charge in [0.25, 0.3) is 5.91 Å². The Morgan fingerprint density at radius 2 is 1.60 bits per heavy atom. The number of nitrogens with one attached hydrogen (secondary N) is 1. The van der Waals surface area contributed by atoms with Gasteiger partial charge in [-0.1, -0.05) is 29.8 Å². The summed E-state index contributed by atoms with van der Waals surface area (Å²) < 4.78 is 0. The van der Waals surface area contributed by atoms with Crippen molar-refractivity contribution in [3.8, 4) is 0 Å². The first-order chi connectivity index (χ1) is 9.58. The number of amides is 3. The van der Waals surface area contributed by atoms with E-state index in [0.717, 1.165) is 0 Å². The lowest BCUT2D eigenvalue weighted by Crippen LogP contribution is -2.40. The number of imide groups is 1. The van der Waals surface area contributed by atoms with E-state index in [1.54, 1.807) is 61.6 Å². The second-order valence-corrected chi connectivity index (χ2v) is 4.60. The van der Waals surface area contributed by atoms with E-state index in [9.17, 15) is 9.59 Å². The number of rotatable bonds is 2. The minimum absolute atomic E-state index is 0.434. The predicted molar refractivity (Wildman–Crippen MR) is 79.2 cm³/mol. The highest BCUT2D eigenvalue weighted by Gasteiger charge is 2.15. The highest BCUT2D eigenvalue weighted by molar-refractivity contribution is 6.30. The zero-order valence-corrected chi connectivity index (χ0v) is 11.6. The molecule has 0 spiro atoms. The Morgan fingerprint density at radius 3 is 2.20 bits per heavy atom. The molecular weight excluding hydrogens is 276 g/mol. The van der Waals surface area contributed by atoms with Crippen LogP contribution in [-0.2, 0) is 0 Å². The first kappa shape index (κ1) is 14.1. The highest BCUT2D eigenvalue weighted by atomic mass is 35.5. The average molecular weight is 289 g/mol. The number of benzene rings is 2. The fourth-order valence-corrected chi connectivity index (χ4v) is 1.75. The van der Waals surface area contributed by atoms with Gasteiger partial charge in [0.15, 0.2) is 0 Å². The second-order valence-electron chi connectivity index (χ2n) is 4.16.